The molecule has 3 aromatic carbocycles. The number of nitrogens with zero attached hydrogens (tertiary/aromatic N) is 2. The van der Waals surface area contributed by atoms with Crippen LogP contribution in [0.15, 0.2) is 77.7 Å². The minimum atomic E-state index is -4.11. The van der Waals surface area contributed by atoms with Crippen LogP contribution in [-0.4, -0.2) is 44.3 Å². The fraction of sp³-hybridized carbons (Fsp3) is 0.333. The van der Waals surface area contributed by atoms with Crippen LogP contribution >= 0.6 is 11.6 Å². The van der Waals surface area contributed by atoms with Gasteiger partial charge in [0.2, 0.25) is 11.8 Å². The molecule has 0 spiro atoms. The first kappa shape index (κ1) is 30.2. The van der Waals surface area contributed by atoms with Crippen molar-refractivity contribution < 1.29 is 18.0 Å². The van der Waals surface area contributed by atoms with Crippen molar-refractivity contribution >= 4 is 39.1 Å². The molecular formula is C30H36ClN3O4S. The van der Waals surface area contributed by atoms with Gasteiger partial charge in [-0.15, -0.1) is 0 Å². The maximum Gasteiger partial charge on any atom is 0.264 e. The monoisotopic (exact) mass is 569 g/mol. The van der Waals surface area contributed by atoms with E-state index in [1.807, 2.05) is 45.9 Å². The topological polar surface area (TPSA) is 86.8 Å². The van der Waals surface area contributed by atoms with Crippen molar-refractivity contribution in [1.82, 2.24) is 10.2 Å². The van der Waals surface area contributed by atoms with Crippen molar-refractivity contribution in [2.24, 2.45) is 0 Å². The van der Waals surface area contributed by atoms with Crippen LogP contribution in [-0.2, 0) is 26.2 Å². The zero-order valence-electron chi connectivity index (χ0n) is 22.9. The standard InChI is InChI=1S/C30H36ClN3O4S/c1-5-18-32-30(36)27(6-2)33(20-24-12-10-11-15-26(24)31)29(35)21-34(28-17-16-22(3)19-23(28)4)39(37,38)25-13-8-7-9-14-25/h7-17,19,27H,5-6,18,20-21H2,1-4H3,(H,32,36)/t27-/m1/s1. The molecule has 1 atom stereocenters. The SMILES string of the molecule is CCCNC(=O)[C@@H](CC)N(Cc1ccccc1Cl)C(=O)CN(c1ccc(C)cc1C)S(=O)(=O)c1ccccc1. The van der Waals surface area contributed by atoms with E-state index in [-0.39, 0.29) is 17.3 Å². The van der Waals surface area contributed by atoms with Crippen molar-refractivity contribution in [2.75, 3.05) is 17.4 Å². The quantitative estimate of drug-likeness (QED) is 0.313. The van der Waals surface area contributed by atoms with E-state index >= 15 is 0 Å². The van der Waals surface area contributed by atoms with Crippen LogP contribution in [0, 0.1) is 13.8 Å². The van der Waals surface area contributed by atoms with Crippen LogP contribution in [0.5, 0.6) is 0 Å². The third kappa shape index (κ3) is 7.40. The molecule has 0 aliphatic heterocycles. The number of hydrogen-bond acceptors (Lipinski definition) is 4. The number of rotatable bonds is 12. The third-order valence-corrected chi connectivity index (χ3v) is 8.61. The van der Waals surface area contributed by atoms with Crippen LogP contribution < -0.4 is 9.62 Å². The maximum atomic E-state index is 14.1. The van der Waals surface area contributed by atoms with E-state index in [1.165, 1.54) is 17.0 Å². The molecule has 7 nitrogen and oxygen atoms in total. The predicted octanol–water partition coefficient (Wildman–Crippen LogP) is 5.49. The van der Waals surface area contributed by atoms with Crippen LogP contribution in [0.2, 0.25) is 5.02 Å². The van der Waals surface area contributed by atoms with Crippen LogP contribution in [0.1, 0.15) is 43.4 Å². The highest BCUT2D eigenvalue weighted by Crippen LogP contribution is 2.28. The summed E-state index contributed by atoms with van der Waals surface area (Å²) in [5.74, 6) is -0.795. The lowest BCUT2D eigenvalue weighted by molar-refractivity contribution is -0.140. The highest BCUT2D eigenvalue weighted by Gasteiger charge is 2.34. The minimum Gasteiger partial charge on any atom is -0.354 e. The van der Waals surface area contributed by atoms with Crippen molar-refractivity contribution in [3.63, 3.8) is 0 Å². The highest BCUT2D eigenvalue weighted by molar-refractivity contribution is 7.92. The molecule has 0 radical (unpaired) electrons. The van der Waals surface area contributed by atoms with Gasteiger partial charge in [0.1, 0.15) is 12.6 Å². The molecule has 0 aromatic heterocycles. The second kappa shape index (κ2) is 13.6. The van der Waals surface area contributed by atoms with Crippen LogP contribution in [0.25, 0.3) is 0 Å². The summed E-state index contributed by atoms with van der Waals surface area (Å²) in [5.41, 5.74) is 2.75. The Morgan fingerprint density at radius 3 is 2.23 bits per heavy atom. The molecule has 3 rings (SSSR count). The molecule has 208 valence electrons. The van der Waals surface area contributed by atoms with E-state index in [1.54, 1.807) is 42.5 Å². The van der Waals surface area contributed by atoms with Gasteiger partial charge < -0.3 is 10.2 Å². The Morgan fingerprint density at radius 1 is 0.949 bits per heavy atom. The van der Waals surface area contributed by atoms with Gasteiger partial charge in [-0.3, -0.25) is 13.9 Å². The second-order valence-corrected chi connectivity index (χ2v) is 11.7. The number of aryl methyl sites for hydroxylation is 2. The first-order valence-corrected chi connectivity index (χ1v) is 14.9. The summed E-state index contributed by atoms with van der Waals surface area (Å²) in [4.78, 5) is 28.7. The summed E-state index contributed by atoms with van der Waals surface area (Å²) < 4.78 is 29.0. The van der Waals surface area contributed by atoms with Crippen molar-refractivity contribution in [3.05, 3.63) is 94.5 Å². The first-order valence-electron chi connectivity index (χ1n) is 13.1. The first-order chi connectivity index (χ1) is 18.6. The smallest absolute Gasteiger partial charge is 0.264 e. The molecule has 3 aromatic rings. The summed E-state index contributed by atoms with van der Waals surface area (Å²) in [5, 5.41) is 3.34. The molecule has 0 saturated carbocycles. The fourth-order valence-corrected chi connectivity index (χ4v) is 6.11. The van der Waals surface area contributed by atoms with E-state index in [4.69, 9.17) is 11.6 Å². The van der Waals surface area contributed by atoms with Gasteiger partial charge in [0.15, 0.2) is 0 Å². The lowest BCUT2D eigenvalue weighted by atomic mass is 10.1. The van der Waals surface area contributed by atoms with E-state index < -0.39 is 28.5 Å². The summed E-state index contributed by atoms with van der Waals surface area (Å²) >= 11 is 6.43. The highest BCUT2D eigenvalue weighted by atomic mass is 35.5. The van der Waals surface area contributed by atoms with Gasteiger partial charge in [0.25, 0.3) is 10.0 Å². The zero-order valence-corrected chi connectivity index (χ0v) is 24.4. The number of halogens is 1. The molecule has 0 unspecified atom stereocenters. The third-order valence-electron chi connectivity index (χ3n) is 6.46. The molecular weight excluding hydrogens is 534 g/mol. The molecule has 0 saturated heterocycles. The normalized spacial score (nSPS) is 12.0. The summed E-state index contributed by atoms with van der Waals surface area (Å²) in [6.45, 7) is 7.56. The molecule has 39 heavy (non-hydrogen) atoms. The summed E-state index contributed by atoms with van der Waals surface area (Å²) in [6.07, 6.45) is 1.09. The van der Waals surface area contributed by atoms with Gasteiger partial charge >= 0.3 is 0 Å². The van der Waals surface area contributed by atoms with Gasteiger partial charge in [-0.25, -0.2) is 8.42 Å². The van der Waals surface area contributed by atoms with Crippen molar-refractivity contribution in [1.29, 1.82) is 0 Å². The summed E-state index contributed by atoms with van der Waals surface area (Å²) in [7, 11) is -4.11. The number of benzene rings is 3. The van der Waals surface area contributed by atoms with Crippen LogP contribution in [0.4, 0.5) is 5.69 Å². The molecule has 0 aliphatic rings. The number of carbonyl (C=O) groups excluding carboxylic acids is 2. The lowest BCUT2D eigenvalue weighted by Crippen LogP contribution is -2.52. The number of hydrogen-bond donors (Lipinski definition) is 1. The maximum absolute atomic E-state index is 14.1. The molecule has 9 heteroatoms. The molecule has 0 fully saturated rings. The molecule has 0 bridgehead atoms. The van der Waals surface area contributed by atoms with Crippen LogP contribution in [0.3, 0.4) is 0 Å². The Morgan fingerprint density at radius 2 is 1.62 bits per heavy atom. The average molecular weight is 570 g/mol. The van der Waals surface area contributed by atoms with Gasteiger partial charge in [-0.2, -0.15) is 0 Å². The van der Waals surface area contributed by atoms with Gasteiger partial charge in [-0.05, 0) is 62.1 Å². The summed E-state index contributed by atoms with van der Waals surface area (Å²) in [6, 6.07) is 19.7. The Labute approximate surface area is 236 Å². The molecule has 0 aliphatic carbocycles. The van der Waals surface area contributed by atoms with E-state index in [0.29, 0.717) is 34.8 Å². The van der Waals surface area contributed by atoms with E-state index in [9.17, 15) is 18.0 Å². The van der Waals surface area contributed by atoms with Crippen molar-refractivity contribution in [2.45, 2.75) is 58.0 Å². The molecule has 0 heterocycles. The fourth-order valence-electron chi connectivity index (χ4n) is 4.41. The van der Waals surface area contributed by atoms with Gasteiger partial charge in [0, 0.05) is 18.1 Å². The molecule has 1 N–H and O–H groups in total. The minimum absolute atomic E-state index is 0.0582. The largest absolute Gasteiger partial charge is 0.354 e. The van der Waals surface area contributed by atoms with Gasteiger partial charge in [0.05, 0.1) is 10.6 Å². The Kier molecular flexibility index (Phi) is 10.5. The van der Waals surface area contributed by atoms with E-state index in [2.05, 4.69) is 5.32 Å². The number of sulfonamides is 1. The number of nitrogens with one attached hydrogen (secondary N) is 1. The number of amides is 2. The predicted molar refractivity (Wildman–Crippen MR) is 156 cm³/mol. The average Bonchev–Trinajstić information content (AvgIpc) is 2.92. The Bertz CT molecular complexity index is 1400. The number of carbonyl (C=O) groups is 2. The Hall–Kier alpha value is -3.36. The lowest BCUT2D eigenvalue weighted by Gasteiger charge is -2.33. The van der Waals surface area contributed by atoms with E-state index in [0.717, 1.165) is 16.3 Å². The zero-order chi connectivity index (χ0) is 28.6. The number of anilines is 1. The van der Waals surface area contributed by atoms with Gasteiger partial charge in [-0.1, -0.05) is 79.5 Å². The second-order valence-electron chi connectivity index (χ2n) is 9.44. The Balaban J connectivity index is 2.08. The molecule has 2 amide bonds. The van der Waals surface area contributed by atoms with Crippen molar-refractivity contribution in [3.8, 4) is 0 Å².